The molecule has 0 spiro atoms. The molecule has 0 aliphatic rings. The third-order valence-electron chi connectivity index (χ3n) is 5.52. The average Bonchev–Trinajstić information content (AvgIpc) is 2.89. The number of likely N-dealkylation sites (N-methyl/N-ethyl adjacent to an activating group) is 1. The molecule has 0 saturated carbocycles. The van der Waals surface area contributed by atoms with Gasteiger partial charge in [0.15, 0.2) is 5.82 Å². The number of hydrogen-bond donors (Lipinski definition) is 5. The molecule has 3 rings (SSSR count). The van der Waals surface area contributed by atoms with Crippen LogP contribution in [0.5, 0.6) is 5.75 Å². The number of aliphatic hydroxyl groups excluding tert-OH is 1. The van der Waals surface area contributed by atoms with E-state index in [1.54, 1.807) is 38.2 Å². The second kappa shape index (κ2) is 15.3. The number of nitrogens with one attached hydrogen (secondary N) is 3. The fourth-order valence-corrected chi connectivity index (χ4v) is 3.93. The highest BCUT2D eigenvalue weighted by atomic mass is 32.2. The molecule has 3 aromatic rings. The van der Waals surface area contributed by atoms with Crippen molar-refractivity contribution < 1.29 is 18.5 Å². The summed E-state index contributed by atoms with van der Waals surface area (Å²) in [5.74, 6) is 1.24. The Balaban J connectivity index is 0.00000533. The maximum absolute atomic E-state index is 14.1. The number of halogens is 1. The lowest BCUT2D eigenvalue weighted by atomic mass is 10.1. The largest absolute Gasteiger partial charge is 0.497 e. The smallest absolute Gasteiger partial charge is 0.163 e. The minimum absolute atomic E-state index is 0. The number of benzene rings is 2. The molecule has 0 aliphatic carbocycles. The van der Waals surface area contributed by atoms with Crippen LogP contribution in [0.3, 0.4) is 0 Å². The van der Waals surface area contributed by atoms with Crippen molar-refractivity contribution in [3.8, 4) is 17.1 Å². The van der Waals surface area contributed by atoms with Crippen LogP contribution in [-0.4, -0.2) is 73.1 Å². The number of rotatable bonds is 14. The fraction of sp³-hybridized carbons (Fsp3) is 0.320. The number of aromatic nitrogens is 2. The van der Waals surface area contributed by atoms with E-state index in [-0.39, 0.29) is 31.6 Å². The van der Waals surface area contributed by atoms with Crippen LogP contribution in [-0.2, 0) is 4.28 Å². The van der Waals surface area contributed by atoms with Crippen LogP contribution >= 0.6 is 25.7 Å². The van der Waals surface area contributed by atoms with Crippen molar-refractivity contribution in [1.82, 2.24) is 14.9 Å². The first-order valence-electron chi connectivity index (χ1n) is 11.8. The second-order valence-corrected chi connectivity index (χ2v) is 9.25. The predicted molar refractivity (Wildman–Crippen MR) is 161 cm³/mol. The van der Waals surface area contributed by atoms with Crippen molar-refractivity contribution in [2.45, 2.75) is 6.92 Å². The number of nitrogens with two attached hydrogens (primary N) is 1. The van der Waals surface area contributed by atoms with Crippen molar-refractivity contribution in [3.05, 3.63) is 53.8 Å². The summed E-state index contributed by atoms with van der Waals surface area (Å²) in [5.41, 5.74) is 11.4. The molecular weight excluding hydrogens is 543 g/mol. The van der Waals surface area contributed by atoms with Gasteiger partial charge >= 0.3 is 0 Å². The van der Waals surface area contributed by atoms with Crippen LogP contribution < -0.4 is 25.6 Å². The minimum atomic E-state index is -0.400. The first kappa shape index (κ1) is 31.9. The third kappa shape index (κ3) is 8.86. The summed E-state index contributed by atoms with van der Waals surface area (Å²) in [6, 6.07) is 11.7. The van der Waals surface area contributed by atoms with Crippen LogP contribution in [0.25, 0.3) is 11.4 Å². The topological polar surface area (TPSA) is 145 Å². The Morgan fingerprint density at radius 2 is 1.87 bits per heavy atom. The zero-order chi connectivity index (χ0) is 27.7. The number of ether oxygens (including phenoxy) is 1. The van der Waals surface area contributed by atoms with Gasteiger partial charge in [-0.05, 0) is 50.4 Å². The molecule has 0 unspecified atom stereocenters. The summed E-state index contributed by atoms with van der Waals surface area (Å²) >= 11 is 0.919. The molecule has 0 fully saturated rings. The number of anilines is 4. The maximum Gasteiger partial charge on any atom is 0.163 e. The summed E-state index contributed by atoms with van der Waals surface area (Å²) in [7, 11) is 5.10. The van der Waals surface area contributed by atoms with Crippen molar-refractivity contribution in [2.24, 2.45) is 0 Å². The van der Waals surface area contributed by atoms with Gasteiger partial charge in [-0.1, -0.05) is 0 Å². The van der Waals surface area contributed by atoms with Crippen molar-refractivity contribution in [2.75, 3.05) is 68.3 Å². The molecule has 1 aromatic heterocycles. The van der Waals surface area contributed by atoms with Gasteiger partial charge in [0.25, 0.3) is 0 Å². The van der Waals surface area contributed by atoms with E-state index < -0.39 is 5.82 Å². The molecule has 0 radical (unpaired) electrons. The van der Waals surface area contributed by atoms with Gasteiger partial charge in [-0.3, -0.25) is 9.79 Å². The van der Waals surface area contributed by atoms with Crippen molar-refractivity contribution in [1.29, 1.82) is 5.41 Å². The van der Waals surface area contributed by atoms with Crippen LogP contribution in [0.15, 0.2) is 42.5 Å². The molecular formula is C25H35FN8O3S2. The van der Waals surface area contributed by atoms with Gasteiger partial charge in [0.2, 0.25) is 0 Å². The van der Waals surface area contributed by atoms with Gasteiger partial charge < -0.3 is 31.2 Å². The Labute approximate surface area is 239 Å². The van der Waals surface area contributed by atoms with E-state index in [4.69, 9.17) is 25.3 Å². The van der Waals surface area contributed by atoms with E-state index in [9.17, 15) is 4.39 Å². The molecule has 0 atom stereocenters. The Bertz CT molecular complexity index is 1240. The molecule has 39 heavy (non-hydrogen) atoms. The van der Waals surface area contributed by atoms with Gasteiger partial charge in [-0.2, -0.15) is 17.8 Å². The van der Waals surface area contributed by atoms with Crippen molar-refractivity contribution in [3.63, 3.8) is 0 Å². The average molecular weight is 579 g/mol. The highest BCUT2D eigenvalue weighted by molar-refractivity contribution is 7.96. The predicted octanol–water partition coefficient (Wildman–Crippen LogP) is 3.75. The summed E-state index contributed by atoms with van der Waals surface area (Å²) in [6.45, 7) is 3.51. The second-order valence-electron chi connectivity index (χ2n) is 8.39. The molecule has 14 heteroatoms. The maximum atomic E-state index is 14.1. The normalized spacial score (nSPS) is 10.6. The summed E-state index contributed by atoms with van der Waals surface area (Å²) in [5, 5.41) is 20.4. The van der Waals surface area contributed by atoms with E-state index in [1.165, 1.54) is 17.5 Å². The lowest BCUT2D eigenvalue weighted by Gasteiger charge is -2.18. The van der Waals surface area contributed by atoms with Gasteiger partial charge in [-0.15, -0.1) is 0 Å². The number of nitrogen functional groups attached to an aromatic ring is 1. The van der Waals surface area contributed by atoms with Gasteiger partial charge in [-0.25, -0.2) is 14.4 Å². The lowest BCUT2D eigenvalue weighted by molar-refractivity contribution is 0.225. The van der Waals surface area contributed by atoms with E-state index in [0.717, 1.165) is 17.8 Å². The highest BCUT2D eigenvalue weighted by Gasteiger charge is 2.16. The van der Waals surface area contributed by atoms with Crippen LogP contribution in [0.4, 0.5) is 27.4 Å². The first-order valence-corrected chi connectivity index (χ1v) is 12.5. The quantitative estimate of drug-likeness (QED) is 0.0825. The highest BCUT2D eigenvalue weighted by Crippen LogP contribution is 2.29. The molecule has 0 aliphatic heterocycles. The van der Waals surface area contributed by atoms with Gasteiger partial charge in [0.1, 0.15) is 35.4 Å². The number of methoxy groups -OCH3 is 1. The lowest BCUT2D eigenvalue weighted by Crippen LogP contribution is -2.28. The Morgan fingerprint density at radius 3 is 2.51 bits per heavy atom. The van der Waals surface area contributed by atoms with Crippen LogP contribution in [0.1, 0.15) is 12.5 Å². The fourth-order valence-electron chi connectivity index (χ4n) is 3.46. The molecule has 0 saturated heterocycles. The molecule has 0 amide bonds. The number of hydrogen-bond acceptors (Lipinski definition) is 12. The minimum Gasteiger partial charge on any atom is -0.497 e. The molecule has 0 bridgehead atoms. The van der Waals surface area contributed by atoms with E-state index in [0.29, 0.717) is 54.0 Å². The number of aliphatic hydroxyl groups is 1. The van der Waals surface area contributed by atoms with Crippen LogP contribution in [0, 0.1) is 11.2 Å². The van der Waals surface area contributed by atoms with Gasteiger partial charge in [0.05, 0.1) is 30.7 Å². The number of nitrogens with zero attached hydrogens (tertiary/aromatic N) is 4. The zero-order valence-electron chi connectivity index (χ0n) is 22.3. The van der Waals surface area contributed by atoms with Gasteiger partial charge in [0, 0.05) is 44.0 Å². The summed E-state index contributed by atoms with van der Waals surface area (Å²) < 4.78 is 26.3. The third-order valence-corrected chi connectivity index (χ3v) is 6.10. The monoisotopic (exact) mass is 578 g/mol. The van der Waals surface area contributed by atoms with E-state index in [2.05, 4.69) is 20.8 Å². The molecule has 1 heterocycles. The Morgan fingerprint density at radius 1 is 1.15 bits per heavy atom. The summed E-state index contributed by atoms with van der Waals surface area (Å²) in [6.07, 6.45) is 0. The SMILES string of the molecule is COc1ccc(F)c(N(C)SONc2ccc(-c3nc(N)c(C(C)=N)c(NCCN(C)CCO)n3)cc2)c1.S. The molecule has 2 aromatic carbocycles. The summed E-state index contributed by atoms with van der Waals surface area (Å²) in [4.78, 5) is 11.0. The van der Waals surface area contributed by atoms with Crippen molar-refractivity contribution >= 4 is 54.4 Å². The zero-order valence-corrected chi connectivity index (χ0v) is 24.1. The molecule has 212 valence electrons. The van der Waals surface area contributed by atoms with Crippen LogP contribution in [0.2, 0.25) is 0 Å². The molecule has 6 N–H and O–H groups in total. The van der Waals surface area contributed by atoms with E-state index in [1.807, 2.05) is 24.1 Å². The Kier molecular flexibility index (Phi) is 12.5. The Hall–Kier alpha value is -3.30. The van der Waals surface area contributed by atoms with E-state index >= 15 is 0 Å². The first-order chi connectivity index (χ1) is 18.2. The molecule has 11 nitrogen and oxygen atoms in total. The standard InChI is InChI=1S/C25H33FN8O3S.H2S/c1-16(27)22-23(28)30-24(31-25(22)29-11-12-33(2)13-14-35)17-5-7-18(8-6-17)32-37-38-34(3)21-15-19(36-4)9-10-20(21)26;/h5-10,15,27,32,35H,11-14H2,1-4H3,(H3,28,29,30,31);1H2.